The van der Waals surface area contributed by atoms with Crippen molar-refractivity contribution in [3.05, 3.63) is 59.0 Å². The van der Waals surface area contributed by atoms with Crippen molar-refractivity contribution >= 4 is 29.6 Å². The van der Waals surface area contributed by atoms with Gasteiger partial charge < -0.3 is 15.2 Å². The number of nitrogens with one attached hydrogen (secondary N) is 2. The number of hydrogen-bond acceptors (Lipinski definition) is 3. The second-order valence-corrected chi connectivity index (χ2v) is 6.25. The van der Waals surface area contributed by atoms with Gasteiger partial charge in [0.25, 0.3) is 5.91 Å². The SMILES string of the molecule is Cc1ccc(NC(=O)CN2C(=O)N/C(=C\c3ccc(C)n3C)C2=O)cc1. The molecule has 1 aromatic carbocycles. The van der Waals surface area contributed by atoms with Crippen LogP contribution in [0, 0.1) is 13.8 Å². The topological polar surface area (TPSA) is 83.4 Å². The Kier molecular flexibility index (Phi) is 4.62. The summed E-state index contributed by atoms with van der Waals surface area (Å²) in [7, 11) is 1.87. The van der Waals surface area contributed by atoms with Gasteiger partial charge in [-0.2, -0.15) is 0 Å². The average Bonchev–Trinajstić information content (AvgIpc) is 3.05. The molecular weight excluding hydrogens is 332 g/mol. The zero-order valence-electron chi connectivity index (χ0n) is 14.9. The lowest BCUT2D eigenvalue weighted by atomic mass is 10.2. The van der Waals surface area contributed by atoms with Crippen molar-refractivity contribution in [2.75, 3.05) is 11.9 Å². The minimum absolute atomic E-state index is 0.152. The minimum Gasteiger partial charge on any atom is -0.348 e. The molecule has 7 heteroatoms. The van der Waals surface area contributed by atoms with Gasteiger partial charge in [0.15, 0.2) is 0 Å². The maximum absolute atomic E-state index is 12.5. The van der Waals surface area contributed by atoms with Crippen molar-refractivity contribution < 1.29 is 14.4 Å². The predicted molar refractivity (Wildman–Crippen MR) is 98.2 cm³/mol. The number of nitrogens with zero attached hydrogens (tertiary/aromatic N) is 2. The second kappa shape index (κ2) is 6.87. The number of carbonyl (C=O) groups excluding carboxylic acids is 3. The summed E-state index contributed by atoms with van der Waals surface area (Å²) in [5, 5.41) is 5.20. The molecular formula is C19H20N4O3. The average molecular weight is 352 g/mol. The Morgan fingerprint density at radius 2 is 1.81 bits per heavy atom. The molecule has 0 atom stereocenters. The minimum atomic E-state index is -0.605. The predicted octanol–water partition coefficient (Wildman–Crippen LogP) is 2.17. The lowest BCUT2D eigenvalue weighted by Crippen LogP contribution is -2.38. The van der Waals surface area contributed by atoms with Crippen LogP contribution in [-0.4, -0.2) is 33.9 Å². The number of imide groups is 1. The maximum Gasteiger partial charge on any atom is 0.329 e. The lowest BCUT2D eigenvalue weighted by Gasteiger charge is -2.12. The molecule has 0 bridgehead atoms. The number of benzene rings is 1. The summed E-state index contributed by atoms with van der Waals surface area (Å²) in [6.45, 7) is 3.54. The zero-order valence-corrected chi connectivity index (χ0v) is 14.9. The summed E-state index contributed by atoms with van der Waals surface area (Å²) in [6, 6.07) is 10.4. The molecule has 0 spiro atoms. The Bertz CT molecular complexity index is 909. The molecule has 1 aromatic heterocycles. The number of urea groups is 1. The van der Waals surface area contributed by atoms with Crippen molar-refractivity contribution in [1.29, 1.82) is 0 Å². The van der Waals surface area contributed by atoms with E-state index in [9.17, 15) is 14.4 Å². The normalized spacial score (nSPS) is 15.5. The summed E-state index contributed by atoms with van der Waals surface area (Å²) in [4.78, 5) is 37.6. The number of aromatic nitrogens is 1. The van der Waals surface area contributed by atoms with Gasteiger partial charge in [0, 0.05) is 24.1 Å². The molecule has 2 heterocycles. The lowest BCUT2D eigenvalue weighted by molar-refractivity contribution is -0.127. The molecule has 3 rings (SSSR count). The van der Waals surface area contributed by atoms with Gasteiger partial charge in [-0.15, -0.1) is 0 Å². The summed E-state index contributed by atoms with van der Waals surface area (Å²) in [5.74, 6) is -0.957. The Labute approximate surface area is 151 Å². The monoisotopic (exact) mass is 352 g/mol. The summed E-state index contributed by atoms with van der Waals surface area (Å²) < 4.78 is 1.90. The first-order chi connectivity index (χ1) is 12.3. The molecule has 1 aliphatic heterocycles. The highest BCUT2D eigenvalue weighted by molar-refractivity contribution is 6.15. The van der Waals surface area contributed by atoms with Gasteiger partial charge in [-0.1, -0.05) is 17.7 Å². The van der Waals surface area contributed by atoms with Crippen LogP contribution < -0.4 is 10.6 Å². The first-order valence-electron chi connectivity index (χ1n) is 8.18. The van der Waals surface area contributed by atoms with Crippen molar-refractivity contribution in [3.8, 4) is 0 Å². The second-order valence-electron chi connectivity index (χ2n) is 6.25. The molecule has 0 saturated carbocycles. The molecule has 0 radical (unpaired) electrons. The van der Waals surface area contributed by atoms with E-state index in [1.165, 1.54) is 0 Å². The van der Waals surface area contributed by atoms with Crippen LogP contribution in [-0.2, 0) is 16.6 Å². The van der Waals surface area contributed by atoms with E-state index in [-0.39, 0.29) is 12.2 Å². The van der Waals surface area contributed by atoms with Gasteiger partial charge in [-0.05, 0) is 44.2 Å². The van der Waals surface area contributed by atoms with E-state index in [4.69, 9.17) is 0 Å². The van der Waals surface area contributed by atoms with E-state index < -0.39 is 17.8 Å². The molecule has 0 unspecified atom stereocenters. The molecule has 134 valence electrons. The van der Waals surface area contributed by atoms with Crippen LogP contribution in [0.5, 0.6) is 0 Å². The molecule has 26 heavy (non-hydrogen) atoms. The molecule has 2 N–H and O–H groups in total. The van der Waals surface area contributed by atoms with Crippen molar-refractivity contribution in [2.24, 2.45) is 7.05 Å². The largest absolute Gasteiger partial charge is 0.348 e. The first kappa shape index (κ1) is 17.5. The van der Waals surface area contributed by atoms with Crippen LogP contribution in [0.3, 0.4) is 0 Å². The quantitative estimate of drug-likeness (QED) is 0.653. The van der Waals surface area contributed by atoms with Gasteiger partial charge in [0.05, 0.1) is 0 Å². The van der Waals surface area contributed by atoms with Gasteiger partial charge in [0.1, 0.15) is 12.2 Å². The van der Waals surface area contributed by atoms with Crippen LogP contribution in [0.1, 0.15) is 17.0 Å². The van der Waals surface area contributed by atoms with Crippen LogP contribution in [0.4, 0.5) is 10.5 Å². The van der Waals surface area contributed by atoms with Crippen LogP contribution in [0.15, 0.2) is 42.1 Å². The molecule has 7 nitrogen and oxygen atoms in total. The molecule has 1 aliphatic rings. The highest BCUT2D eigenvalue weighted by Crippen LogP contribution is 2.16. The summed E-state index contributed by atoms with van der Waals surface area (Å²) in [5.41, 5.74) is 3.66. The smallest absolute Gasteiger partial charge is 0.329 e. The van der Waals surface area contributed by atoms with Crippen molar-refractivity contribution in [2.45, 2.75) is 13.8 Å². The van der Waals surface area contributed by atoms with Gasteiger partial charge in [-0.25, -0.2) is 9.69 Å². The van der Waals surface area contributed by atoms with Crippen molar-refractivity contribution in [1.82, 2.24) is 14.8 Å². The van der Waals surface area contributed by atoms with Crippen LogP contribution in [0.2, 0.25) is 0 Å². The van der Waals surface area contributed by atoms with Crippen molar-refractivity contribution in [3.63, 3.8) is 0 Å². The first-order valence-corrected chi connectivity index (χ1v) is 8.18. The number of anilines is 1. The number of rotatable bonds is 4. The fraction of sp³-hybridized carbons (Fsp3) is 0.211. The Morgan fingerprint density at radius 3 is 2.42 bits per heavy atom. The maximum atomic E-state index is 12.5. The van der Waals surface area contributed by atoms with E-state index in [0.717, 1.165) is 21.9 Å². The Morgan fingerprint density at radius 1 is 1.12 bits per heavy atom. The molecule has 4 amide bonds. The molecule has 2 aromatic rings. The van der Waals surface area contributed by atoms with Gasteiger partial charge in [-0.3, -0.25) is 9.59 Å². The number of carbonyl (C=O) groups is 3. The summed E-state index contributed by atoms with van der Waals surface area (Å²) in [6.07, 6.45) is 1.60. The van der Waals surface area contributed by atoms with E-state index in [1.54, 1.807) is 18.2 Å². The highest BCUT2D eigenvalue weighted by Gasteiger charge is 2.35. The van der Waals surface area contributed by atoms with Gasteiger partial charge in [0.2, 0.25) is 5.91 Å². The number of amides is 4. The number of aryl methyl sites for hydroxylation is 2. The highest BCUT2D eigenvalue weighted by atomic mass is 16.2. The van der Waals surface area contributed by atoms with E-state index in [1.807, 2.05) is 49.7 Å². The summed E-state index contributed by atoms with van der Waals surface area (Å²) >= 11 is 0. The third-order valence-corrected chi connectivity index (χ3v) is 4.30. The molecule has 1 fully saturated rings. The molecule has 0 aliphatic carbocycles. The third kappa shape index (κ3) is 3.51. The van der Waals surface area contributed by atoms with Crippen LogP contribution >= 0.6 is 0 Å². The number of hydrogen-bond donors (Lipinski definition) is 2. The van der Waals surface area contributed by atoms with E-state index in [2.05, 4.69) is 10.6 Å². The zero-order chi connectivity index (χ0) is 18.8. The fourth-order valence-corrected chi connectivity index (χ4v) is 2.62. The van der Waals surface area contributed by atoms with Gasteiger partial charge >= 0.3 is 6.03 Å². The van der Waals surface area contributed by atoms with Crippen LogP contribution in [0.25, 0.3) is 6.08 Å². The third-order valence-electron chi connectivity index (χ3n) is 4.30. The Balaban J connectivity index is 1.70. The van der Waals surface area contributed by atoms with E-state index >= 15 is 0 Å². The van der Waals surface area contributed by atoms with E-state index in [0.29, 0.717) is 5.69 Å². The standard InChI is InChI=1S/C19H20N4O3/c1-12-4-7-14(8-5-12)20-17(24)11-23-18(25)16(21-19(23)26)10-15-9-6-13(2)22(15)3/h4-10H,11H2,1-3H3,(H,20,24)(H,21,26)/b16-10-. The Hall–Kier alpha value is -3.35. The fourth-order valence-electron chi connectivity index (χ4n) is 2.62. The molecule has 1 saturated heterocycles.